The summed E-state index contributed by atoms with van der Waals surface area (Å²) < 4.78 is 1.35. The summed E-state index contributed by atoms with van der Waals surface area (Å²) in [6.45, 7) is 2.49. The quantitative estimate of drug-likeness (QED) is 0.943. The Labute approximate surface area is 135 Å². The lowest BCUT2D eigenvalue weighted by molar-refractivity contribution is 0.0925. The lowest BCUT2D eigenvalue weighted by Gasteiger charge is -2.26. The highest BCUT2D eigenvalue weighted by Crippen LogP contribution is 2.29. The summed E-state index contributed by atoms with van der Waals surface area (Å²) in [5, 5.41) is 7.24. The Kier molecular flexibility index (Phi) is 4.55. The maximum Gasteiger partial charge on any atom is 0.272 e. The molecule has 0 spiro atoms. The van der Waals surface area contributed by atoms with Crippen LogP contribution in [0.25, 0.3) is 0 Å². The van der Waals surface area contributed by atoms with Crippen molar-refractivity contribution in [2.75, 3.05) is 0 Å². The van der Waals surface area contributed by atoms with Gasteiger partial charge in [0.15, 0.2) is 0 Å². The van der Waals surface area contributed by atoms with Gasteiger partial charge in [0.25, 0.3) is 11.5 Å². The summed E-state index contributed by atoms with van der Waals surface area (Å²) in [5.74, 6) is -0.225. The van der Waals surface area contributed by atoms with Gasteiger partial charge in [-0.3, -0.25) is 9.59 Å². The van der Waals surface area contributed by atoms with E-state index in [0.717, 1.165) is 25.7 Å². The number of aryl methyl sites for hydroxylation is 2. The fraction of sp³-hybridized carbons (Fsp3) is 0.389. The number of nitrogens with one attached hydrogen (secondary N) is 1. The van der Waals surface area contributed by atoms with Crippen LogP contribution in [-0.2, 0) is 13.0 Å². The minimum absolute atomic E-state index is 0.0146. The molecule has 1 aromatic heterocycles. The predicted molar refractivity (Wildman–Crippen MR) is 88.4 cm³/mol. The molecule has 5 heteroatoms. The maximum atomic E-state index is 12.5. The number of carbonyl (C=O) groups is 1. The highest BCUT2D eigenvalue weighted by molar-refractivity contribution is 5.92. The minimum atomic E-state index is -0.225. The van der Waals surface area contributed by atoms with E-state index in [-0.39, 0.29) is 17.5 Å². The molecular formula is C18H21N3O2. The van der Waals surface area contributed by atoms with Gasteiger partial charge in [0.2, 0.25) is 0 Å². The van der Waals surface area contributed by atoms with Gasteiger partial charge in [-0.1, -0.05) is 31.2 Å². The highest BCUT2D eigenvalue weighted by Gasteiger charge is 2.22. The SMILES string of the molecule is CCCn1nc(C(=O)N[C@H]2CCCc3ccccc32)ccc1=O. The smallest absolute Gasteiger partial charge is 0.272 e. The first-order valence-corrected chi connectivity index (χ1v) is 8.16. The van der Waals surface area contributed by atoms with Crippen molar-refractivity contribution in [1.29, 1.82) is 0 Å². The van der Waals surface area contributed by atoms with Crippen LogP contribution in [0, 0.1) is 0 Å². The van der Waals surface area contributed by atoms with Gasteiger partial charge < -0.3 is 5.32 Å². The lowest BCUT2D eigenvalue weighted by Crippen LogP contribution is -2.33. The normalized spacial score (nSPS) is 16.7. The Morgan fingerprint density at radius 1 is 1.30 bits per heavy atom. The zero-order valence-corrected chi connectivity index (χ0v) is 13.3. The molecule has 0 unspecified atom stereocenters. The van der Waals surface area contributed by atoms with Gasteiger partial charge in [0, 0.05) is 12.6 Å². The third-order valence-corrected chi connectivity index (χ3v) is 4.21. The first-order valence-electron chi connectivity index (χ1n) is 8.16. The molecule has 1 N–H and O–H groups in total. The van der Waals surface area contributed by atoms with Crippen LogP contribution < -0.4 is 10.9 Å². The van der Waals surface area contributed by atoms with Gasteiger partial charge in [0.1, 0.15) is 5.69 Å². The number of fused-ring (bicyclic) bond motifs is 1. The number of benzene rings is 1. The van der Waals surface area contributed by atoms with Crippen LogP contribution >= 0.6 is 0 Å². The minimum Gasteiger partial charge on any atom is -0.344 e. The van der Waals surface area contributed by atoms with E-state index < -0.39 is 0 Å². The molecule has 0 saturated carbocycles. The molecule has 5 nitrogen and oxygen atoms in total. The molecule has 23 heavy (non-hydrogen) atoms. The molecule has 2 aromatic rings. The monoisotopic (exact) mass is 311 g/mol. The van der Waals surface area contributed by atoms with E-state index in [9.17, 15) is 9.59 Å². The second kappa shape index (κ2) is 6.77. The Morgan fingerprint density at radius 2 is 2.13 bits per heavy atom. The van der Waals surface area contributed by atoms with Crippen molar-refractivity contribution >= 4 is 5.91 Å². The van der Waals surface area contributed by atoms with E-state index in [2.05, 4.69) is 22.5 Å². The fourth-order valence-electron chi connectivity index (χ4n) is 3.08. The number of aromatic nitrogens is 2. The zero-order chi connectivity index (χ0) is 16.2. The molecule has 1 aliphatic carbocycles. The number of nitrogens with zero attached hydrogens (tertiary/aromatic N) is 2. The van der Waals surface area contributed by atoms with E-state index in [0.29, 0.717) is 12.2 Å². The van der Waals surface area contributed by atoms with Crippen LogP contribution in [0.2, 0.25) is 0 Å². The van der Waals surface area contributed by atoms with E-state index in [1.54, 1.807) is 0 Å². The molecular weight excluding hydrogens is 290 g/mol. The summed E-state index contributed by atoms with van der Waals surface area (Å²) in [5.41, 5.74) is 2.61. The van der Waals surface area contributed by atoms with E-state index in [1.807, 2.05) is 19.1 Å². The number of amides is 1. The largest absolute Gasteiger partial charge is 0.344 e. The molecule has 0 radical (unpaired) electrons. The molecule has 1 heterocycles. The standard InChI is InChI=1S/C18H21N3O2/c1-2-12-21-17(22)11-10-16(20-21)18(23)19-15-9-5-7-13-6-3-4-8-14(13)15/h3-4,6,8,10-11,15H,2,5,7,9,12H2,1H3,(H,19,23)/t15-/m0/s1. The first-order chi connectivity index (χ1) is 11.2. The summed E-state index contributed by atoms with van der Waals surface area (Å²) in [4.78, 5) is 24.2. The van der Waals surface area contributed by atoms with Crippen molar-refractivity contribution in [3.05, 3.63) is 63.6 Å². The average molecular weight is 311 g/mol. The molecule has 0 fully saturated rings. The highest BCUT2D eigenvalue weighted by atomic mass is 16.2. The lowest BCUT2D eigenvalue weighted by atomic mass is 9.87. The van der Waals surface area contributed by atoms with E-state index in [4.69, 9.17) is 0 Å². The van der Waals surface area contributed by atoms with Crippen molar-refractivity contribution in [2.45, 2.75) is 45.2 Å². The van der Waals surface area contributed by atoms with Crippen molar-refractivity contribution in [1.82, 2.24) is 15.1 Å². The Morgan fingerprint density at radius 3 is 2.96 bits per heavy atom. The van der Waals surface area contributed by atoms with Crippen LogP contribution in [0.5, 0.6) is 0 Å². The Hall–Kier alpha value is -2.43. The summed E-state index contributed by atoms with van der Waals surface area (Å²) in [6.07, 6.45) is 3.85. The van der Waals surface area contributed by atoms with Crippen molar-refractivity contribution in [2.24, 2.45) is 0 Å². The molecule has 120 valence electrons. The van der Waals surface area contributed by atoms with Crippen LogP contribution in [0.1, 0.15) is 53.8 Å². The number of rotatable bonds is 4. The molecule has 3 rings (SSSR count). The second-order valence-electron chi connectivity index (χ2n) is 5.90. The average Bonchev–Trinajstić information content (AvgIpc) is 2.57. The van der Waals surface area contributed by atoms with Gasteiger partial charge in [-0.05, 0) is 42.9 Å². The van der Waals surface area contributed by atoms with Crippen LogP contribution in [0.4, 0.5) is 0 Å². The molecule has 0 saturated heterocycles. The molecule has 0 bridgehead atoms. The second-order valence-corrected chi connectivity index (χ2v) is 5.90. The van der Waals surface area contributed by atoms with Gasteiger partial charge in [-0.15, -0.1) is 0 Å². The summed E-state index contributed by atoms with van der Waals surface area (Å²) in [7, 11) is 0. The van der Waals surface area contributed by atoms with E-state index >= 15 is 0 Å². The molecule has 1 amide bonds. The molecule has 1 atom stereocenters. The number of hydrogen-bond donors (Lipinski definition) is 1. The third-order valence-electron chi connectivity index (χ3n) is 4.21. The van der Waals surface area contributed by atoms with Gasteiger partial charge in [0.05, 0.1) is 6.04 Å². The molecule has 1 aliphatic rings. The van der Waals surface area contributed by atoms with Crippen molar-refractivity contribution < 1.29 is 4.79 Å². The third kappa shape index (κ3) is 3.33. The van der Waals surface area contributed by atoms with Crippen LogP contribution in [-0.4, -0.2) is 15.7 Å². The first kappa shape index (κ1) is 15.5. The van der Waals surface area contributed by atoms with Gasteiger partial charge in [-0.25, -0.2) is 4.68 Å². The van der Waals surface area contributed by atoms with Crippen molar-refractivity contribution in [3.8, 4) is 0 Å². The summed E-state index contributed by atoms with van der Waals surface area (Å²) in [6, 6.07) is 11.2. The Balaban J connectivity index is 1.80. The number of carbonyl (C=O) groups excluding carboxylic acids is 1. The number of hydrogen-bond acceptors (Lipinski definition) is 3. The summed E-state index contributed by atoms with van der Waals surface area (Å²) >= 11 is 0. The van der Waals surface area contributed by atoms with E-state index in [1.165, 1.54) is 27.9 Å². The fourth-order valence-corrected chi connectivity index (χ4v) is 3.08. The van der Waals surface area contributed by atoms with Crippen LogP contribution in [0.15, 0.2) is 41.2 Å². The van der Waals surface area contributed by atoms with Gasteiger partial charge in [-0.2, -0.15) is 5.10 Å². The Bertz CT molecular complexity index is 767. The molecule has 1 aromatic carbocycles. The molecule has 0 aliphatic heterocycles. The topological polar surface area (TPSA) is 64.0 Å². The van der Waals surface area contributed by atoms with Gasteiger partial charge >= 0.3 is 0 Å². The van der Waals surface area contributed by atoms with Crippen LogP contribution in [0.3, 0.4) is 0 Å². The van der Waals surface area contributed by atoms with Crippen molar-refractivity contribution in [3.63, 3.8) is 0 Å². The predicted octanol–water partition coefficient (Wildman–Crippen LogP) is 2.46. The maximum absolute atomic E-state index is 12.5. The zero-order valence-electron chi connectivity index (χ0n) is 13.3.